The number of fused-ring (bicyclic) bond motifs is 1. The molecule has 1 unspecified atom stereocenters. The molecule has 2 aromatic carbocycles. The summed E-state index contributed by atoms with van der Waals surface area (Å²) >= 11 is 9.33. The normalized spacial score (nSPS) is 17.0. The number of aromatic nitrogens is 2. The molecule has 3 aromatic rings. The Hall–Kier alpha value is -2.20. The van der Waals surface area contributed by atoms with Crippen LogP contribution in [0.5, 0.6) is 11.5 Å². The Morgan fingerprint density at radius 1 is 1.29 bits per heavy atom. The number of halogens is 3. The molecule has 0 amide bonds. The Labute approximate surface area is 192 Å². The van der Waals surface area contributed by atoms with Gasteiger partial charge < -0.3 is 19.5 Å². The van der Waals surface area contributed by atoms with E-state index in [1.165, 1.54) is 18.5 Å². The van der Waals surface area contributed by atoms with Crippen molar-refractivity contribution in [2.45, 2.75) is 6.04 Å². The smallest absolute Gasteiger partial charge is 0.163 e. The summed E-state index contributed by atoms with van der Waals surface area (Å²) in [6.45, 7) is 2.66. The van der Waals surface area contributed by atoms with Gasteiger partial charge in [0.25, 0.3) is 0 Å². The Bertz CT molecular complexity index is 1100. The highest BCUT2D eigenvalue weighted by molar-refractivity contribution is 9.10. The van der Waals surface area contributed by atoms with E-state index in [4.69, 9.17) is 25.8 Å². The highest BCUT2D eigenvalue weighted by Crippen LogP contribution is 2.36. The highest BCUT2D eigenvalue weighted by Gasteiger charge is 2.21. The number of ether oxygens (including phenoxy) is 3. The van der Waals surface area contributed by atoms with Gasteiger partial charge in [0.05, 0.1) is 42.6 Å². The van der Waals surface area contributed by atoms with Crippen molar-refractivity contribution in [3.05, 3.63) is 45.9 Å². The first-order valence-electron chi connectivity index (χ1n) is 9.61. The molecule has 10 heteroatoms. The predicted octanol–water partition coefficient (Wildman–Crippen LogP) is 4.65. The Morgan fingerprint density at radius 3 is 2.90 bits per heavy atom. The number of morpholine rings is 1. The van der Waals surface area contributed by atoms with E-state index in [1.807, 2.05) is 7.05 Å². The second-order valence-electron chi connectivity index (χ2n) is 7.13. The zero-order chi connectivity index (χ0) is 22.0. The molecule has 4 rings (SSSR count). The number of benzene rings is 2. The minimum Gasteiger partial charge on any atom is -0.493 e. The fourth-order valence-electron chi connectivity index (χ4n) is 3.28. The molecule has 0 aliphatic carbocycles. The van der Waals surface area contributed by atoms with Gasteiger partial charge in [-0.05, 0) is 41.2 Å². The third kappa shape index (κ3) is 4.85. The number of anilines is 2. The second kappa shape index (κ2) is 9.52. The highest BCUT2D eigenvalue weighted by atomic mass is 79.9. The van der Waals surface area contributed by atoms with Gasteiger partial charge in [-0.2, -0.15) is 0 Å². The molecule has 7 nitrogen and oxygen atoms in total. The number of likely N-dealkylation sites (N-methyl/N-ethyl adjacent to an activating group) is 1. The van der Waals surface area contributed by atoms with Crippen molar-refractivity contribution in [1.82, 2.24) is 14.9 Å². The lowest BCUT2D eigenvalue weighted by molar-refractivity contribution is -0.0110. The molecule has 1 atom stereocenters. The molecule has 1 N–H and O–H groups in total. The summed E-state index contributed by atoms with van der Waals surface area (Å²) in [6, 6.07) is 6.50. The van der Waals surface area contributed by atoms with Crippen molar-refractivity contribution in [1.29, 1.82) is 0 Å². The molecule has 31 heavy (non-hydrogen) atoms. The van der Waals surface area contributed by atoms with Crippen molar-refractivity contribution >= 4 is 49.9 Å². The standard InChI is InChI=1S/C21H21BrClFN4O3/c1-28-3-4-30-9-12(28)10-31-20-8-17-13(5-19(20)29-2)21(26-11-25-17)27-18-7-15(23)14(22)6-16(18)24/h5-8,11-12H,3-4,9-10H2,1-2H3,(H,25,26,27). The van der Waals surface area contributed by atoms with E-state index in [1.54, 1.807) is 19.2 Å². The third-order valence-electron chi connectivity index (χ3n) is 5.14. The number of hydrogen-bond acceptors (Lipinski definition) is 7. The van der Waals surface area contributed by atoms with Gasteiger partial charge >= 0.3 is 0 Å². The van der Waals surface area contributed by atoms with Crippen LogP contribution in [0.15, 0.2) is 35.1 Å². The van der Waals surface area contributed by atoms with E-state index in [-0.39, 0.29) is 11.7 Å². The van der Waals surface area contributed by atoms with Crippen LogP contribution in [-0.4, -0.2) is 61.4 Å². The maximum absolute atomic E-state index is 14.4. The van der Waals surface area contributed by atoms with Crippen LogP contribution in [0.1, 0.15) is 0 Å². The topological polar surface area (TPSA) is 68.7 Å². The Kier molecular flexibility index (Phi) is 6.76. The number of methoxy groups -OCH3 is 1. The molecule has 1 saturated heterocycles. The molecular weight excluding hydrogens is 491 g/mol. The van der Waals surface area contributed by atoms with Gasteiger partial charge in [-0.1, -0.05) is 11.6 Å². The van der Waals surface area contributed by atoms with Crippen LogP contribution in [0, 0.1) is 5.82 Å². The third-order valence-corrected chi connectivity index (χ3v) is 6.33. The summed E-state index contributed by atoms with van der Waals surface area (Å²) < 4.78 is 32.0. The molecule has 0 radical (unpaired) electrons. The van der Waals surface area contributed by atoms with E-state index < -0.39 is 5.82 Å². The van der Waals surface area contributed by atoms with Crippen LogP contribution in [0.25, 0.3) is 10.9 Å². The van der Waals surface area contributed by atoms with Crippen LogP contribution in [0.2, 0.25) is 5.02 Å². The molecule has 2 heterocycles. The molecule has 1 aromatic heterocycles. The lowest BCUT2D eigenvalue weighted by atomic mass is 10.2. The summed E-state index contributed by atoms with van der Waals surface area (Å²) in [7, 11) is 3.61. The van der Waals surface area contributed by atoms with Gasteiger partial charge in [-0.15, -0.1) is 0 Å². The maximum atomic E-state index is 14.4. The monoisotopic (exact) mass is 510 g/mol. The quantitative estimate of drug-likeness (QED) is 0.483. The number of rotatable bonds is 6. The average molecular weight is 512 g/mol. The van der Waals surface area contributed by atoms with Crippen molar-refractivity contribution in [3.63, 3.8) is 0 Å². The molecule has 1 fully saturated rings. The SMILES string of the molecule is COc1cc2c(Nc3cc(Cl)c(Br)cc3F)ncnc2cc1OCC1COCCN1C. The van der Waals surface area contributed by atoms with Crippen molar-refractivity contribution in [2.75, 3.05) is 45.8 Å². The summed E-state index contributed by atoms with van der Waals surface area (Å²) in [6.07, 6.45) is 1.40. The first kappa shape index (κ1) is 22.0. The van der Waals surface area contributed by atoms with E-state index in [9.17, 15) is 4.39 Å². The predicted molar refractivity (Wildman–Crippen MR) is 121 cm³/mol. The molecule has 1 aliphatic heterocycles. The number of nitrogens with one attached hydrogen (secondary N) is 1. The zero-order valence-electron chi connectivity index (χ0n) is 17.0. The second-order valence-corrected chi connectivity index (χ2v) is 8.40. The molecule has 0 spiro atoms. The van der Waals surface area contributed by atoms with Crippen LogP contribution in [-0.2, 0) is 4.74 Å². The Morgan fingerprint density at radius 2 is 2.13 bits per heavy atom. The van der Waals surface area contributed by atoms with E-state index in [0.29, 0.717) is 50.9 Å². The van der Waals surface area contributed by atoms with E-state index in [0.717, 1.165) is 13.2 Å². The first-order valence-corrected chi connectivity index (χ1v) is 10.8. The summed E-state index contributed by atoms with van der Waals surface area (Å²) in [4.78, 5) is 10.8. The van der Waals surface area contributed by atoms with Crippen LogP contribution >= 0.6 is 27.5 Å². The molecule has 0 saturated carbocycles. The minimum absolute atomic E-state index is 0.155. The van der Waals surface area contributed by atoms with E-state index >= 15 is 0 Å². The van der Waals surface area contributed by atoms with Gasteiger partial charge in [-0.25, -0.2) is 14.4 Å². The minimum atomic E-state index is -0.464. The lowest BCUT2D eigenvalue weighted by Gasteiger charge is -2.32. The fourth-order valence-corrected chi connectivity index (χ4v) is 3.76. The lowest BCUT2D eigenvalue weighted by Crippen LogP contribution is -2.46. The molecule has 1 aliphatic rings. The van der Waals surface area contributed by atoms with E-state index in [2.05, 4.69) is 36.1 Å². The summed E-state index contributed by atoms with van der Waals surface area (Å²) in [5, 5.41) is 4.03. The fraction of sp³-hybridized carbons (Fsp3) is 0.333. The van der Waals surface area contributed by atoms with Crippen molar-refractivity contribution < 1.29 is 18.6 Å². The summed E-state index contributed by atoms with van der Waals surface area (Å²) in [5.74, 6) is 1.05. The van der Waals surface area contributed by atoms with Crippen LogP contribution in [0.4, 0.5) is 15.9 Å². The van der Waals surface area contributed by atoms with Gasteiger partial charge in [0.15, 0.2) is 11.5 Å². The van der Waals surface area contributed by atoms with Gasteiger partial charge in [0.2, 0.25) is 0 Å². The van der Waals surface area contributed by atoms with Crippen molar-refractivity contribution in [2.24, 2.45) is 0 Å². The summed E-state index contributed by atoms with van der Waals surface area (Å²) in [5.41, 5.74) is 0.831. The van der Waals surface area contributed by atoms with Crippen molar-refractivity contribution in [3.8, 4) is 11.5 Å². The zero-order valence-corrected chi connectivity index (χ0v) is 19.3. The van der Waals surface area contributed by atoms with Crippen LogP contribution in [0.3, 0.4) is 0 Å². The largest absolute Gasteiger partial charge is 0.493 e. The first-order chi connectivity index (χ1) is 15.0. The molecule has 0 bridgehead atoms. The van der Waals surface area contributed by atoms with Gasteiger partial charge in [0, 0.05) is 22.5 Å². The molecular formula is C21H21BrClFN4O3. The number of hydrogen-bond donors (Lipinski definition) is 1. The van der Waals surface area contributed by atoms with Gasteiger partial charge in [0.1, 0.15) is 24.6 Å². The molecule has 164 valence electrons. The van der Waals surface area contributed by atoms with Crippen LogP contribution < -0.4 is 14.8 Å². The Balaban J connectivity index is 1.63. The van der Waals surface area contributed by atoms with Gasteiger partial charge in [-0.3, -0.25) is 4.90 Å². The number of nitrogens with zero attached hydrogens (tertiary/aromatic N) is 3. The maximum Gasteiger partial charge on any atom is 0.163 e. The average Bonchev–Trinajstić information content (AvgIpc) is 2.76.